The lowest BCUT2D eigenvalue weighted by Gasteiger charge is -2.66. The van der Waals surface area contributed by atoms with Gasteiger partial charge in [-0.15, -0.1) is 0 Å². The number of phenols is 1. The zero-order valence-electron chi connectivity index (χ0n) is 28.6. The summed E-state index contributed by atoms with van der Waals surface area (Å²) in [4.78, 5) is 34.1. The number of aryl methyl sites for hydroxylation is 1. The van der Waals surface area contributed by atoms with E-state index in [2.05, 4.69) is 35.4 Å². The van der Waals surface area contributed by atoms with E-state index in [4.69, 9.17) is 18.9 Å². The average Bonchev–Trinajstić information content (AvgIpc) is 3.75. The first-order chi connectivity index (χ1) is 24.1. The van der Waals surface area contributed by atoms with Gasteiger partial charge in [-0.25, -0.2) is 0 Å². The van der Waals surface area contributed by atoms with Crippen LogP contribution in [0, 0.1) is 25.2 Å². The highest BCUT2D eigenvalue weighted by Gasteiger charge is 2.69. The molecule has 11 nitrogen and oxygen atoms in total. The number of hydrogen-bond acceptors (Lipinski definition) is 10. The summed E-state index contributed by atoms with van der Waals surface area (Å²) < 4.78 is 24.4. The van der Waals surface area contributed by atoms with Crippen molar-refractivity contribution in [1.82, 2.24) is 14.7 Å². The molecular formula is C39H38N4O7. The molecule has 0 aliphatic carbocycles. The molecule has 0 radical (unpaired) electrons. The van der Waals surface area contributed by atoms with Crippen molar-refractivity contribution in [3.63, 3.8) is 0 Å². The third-order valence-corrected chi connectivity index (χ3v) is 12.2. The Hall–Kier alpha value is -5.05. The maximum Gasteiger partial charge on any atom is 0.261 e. The van der Waals surface area contributed by atoms with Crippen LogP contribution in [-0.4, -0.2) is 76.3 Å². The van der Waals surface area contributed by atoms with Crippen molar-refractivity contribution < 1.29 is 33.6 Å². The standard InChI is InChI=1S/C39H38N4O7/c1-7-12-48-34-19(3)35-36(50-17-49-35)28-23(34)14-25-31-29-24(13-18(2)33(47-6)32(29)44)39(5)15-26(43(31)39)27(16-40)42(25)30(28)20(4)41-37(45)21-10-8-9-11-22(21)38(41)46/h7-11,13,20,25-27,30-31,44H,1,12,14-15,17H2,2-6H3/t20-,25?,26?,27+,30?,31?,39-/m1/s1. The number of carbonyl (C=O) groups is 2. The number of nitrogens with zero attached hydrogens (tertiary/aromatic N) is 4. The fraction of sp³-hybridized carbons (Fsp3) is 0.410. The van der Waals surface area contributed by atoms with E-state index in [1.54, 1.807) is 37.5 Å². The first-order valence-corrected chi connectivity index (χ1v) is 17.1. The zero-order chi connectivity index (χ0) is 35.0. The van der Waals surface area contributed by atoms with Crippen molar-refractivity contribution in [3.8, 4) is 34.8 Å². The number of nitriles is 1. The third-order valence-electron chi connectivity index (χ3n) is 12.2. The Labute approximate surface area is 290 Å². The molecule has 2 saturated heterocycles. The summed E-state index contributed by atoms with van der Waals surface area (Å²) in [5.74, 6) is 1.51. The molecule has 2 fully saturated rings. The van der Waals surface area contributed by atoms with E-state index in [0.717, 1.165) is 33.4 Å². The van der Waals surface area contributed by atoms with Crippen LogP contribution in [0.2, 0.25) is 0 Å². The summed E-state index contributed by atoms with van der Waals surface area (Å²) >= 11 is 0. The highest BCUT2D eigenvalue weighted by molar-refractivity contribution is 6.21. The van der Waals surface area contributed by atoms with E-state index in [1.807, 2.05) is 20.8 Å². The number of amides is 2. The van der Waals surface area contributed by atoms with Crippen molar-refractivity contribution >= 4 is 11.8 Å². The summed E-state index contributed by atoms with van der Waals surface area (Å²) in [5, 5.41) is 23.0. The highest BCUT2D eigenvalue weighted by Crippen LogP contribution is 2.68. The number of rotatable bonds is 6. The van der Waals surface area contributed by atoms with Crippen LogP contribution in [0.1, 0.15) is 86.4 Å². The molecule has 7 atom stereocenters. The topological polar surface area (TPSA) is 125 Å². The van der Waals surface area contributed by atoms with Gasteiger partial charge in [0.2, 0.25) is 6.79 Å². The molecule has 11 heteroatoms. The number of hydrogen-bond donors (Lipinski definition) is 1. The smallest absolute Gasteiger partial charge is 0.261 e. The largest absolute Gasteiger partial charge is 0.504 e. The lowest BCUT2D eigenvalue weighted by Crippen LogP contribution is -2.75. The van der Waals surface area contributed by atoms with Crippen LogP contribution in [0.3, 0.4) is 0 Å². The molecule has 3 aromatic carbocycles. The van der Waals surface area contributed by atoms with Gasteiger partial charge in [-0.3, -0.25) is 24.3 Å². The predicted octanol–water partition coefficient (Wildman–Crippen LogP) is 5.21. The SMILES string of the molecule is C=CCOc1c(C)c2c(c3c1CC1C4c5c(cc(C)c(OC)c5O)[C@@]5(C)CC([C@H](C#N)N1C3[C@@H](C)N1C(=O)c3ccccc3C1=O)N45)OCO2. The molecule has 0 bridgehead atoms. The van der Waals surface area contributed by atoms with Gasteiger partial charge in [0.15, 0.2) is 23.0 Å². The number of fused-ring (bicyclic) bond motifs is 9. The van der Waals surface area contributed by atoms with Crippen LogP contribution in [0.25, 0.3) is 0 Å². The average molecular weight is 675 g/mol. The lowest BCUT2D eigenvalue weighted by atomic mass is 9.70. The lowest BCUT2D eigenvalue weighted by molar-refractivity contribution is -0.183. The first kappa shape index (κ1) is 31.0. The molecule has 6 aliphatic heterocycles. The van der Waals surface area contributed by atoms with Gasteiger partial charge in [-0.05, 0) is 69.9 Å². The Balaban J connectivity index is 1.31. The summed E-state index contributed by atoms with van der Waals surface area (Å²) in [6.45, 7) is 12.1. The number of benzene rings is 3. The van der Waals surface area contributed by atoms with Crippen molar-refractivity contribution in [2.75, 3.05) is 20.5 Å². The van der Waals surface area contributed by atoms with Crippen LogP contribution < -0.4 is 18.9 Å². The highest BCUT2D eigenvalue weighted by atomic mass is 16.7. The molecule has 0 aromatic heterocycles. The monoisotopic (exact) mass is 674 g/mol. The second-order valence-electron chi connectivity index (χ2n) is 14.4. The quantitative estimate of drug-likeness (QED) is 0.275. The van der Waals surface area contributed by atoms with Gasteiger partial charge in [0.25, 0.3) is 11.8 Å². The van der Waals surface area contributed by atoms with Crippen LogP contribution in [0.4, 0.5) is 0 Å². The molecule has 256 valence electrons. The van der Waals surface area contributed by atoms with Gasteiger partial charge in [-0.2, -0.15) is 5.26 Å². The molecule has 3 aromatic rings. The predicted molar refractivity (Wildman–Crippen MR) is 181 cm³/mol. The van der Waals surface area contributed by atoms with Crippen molar-refractivity contribution in [1.29, 1.82) is 5.26 Å². The number of methoxy groups -OCH3 is 1. The van der Waals surface area contributed by atoms with Gasteiger partial charge in [0.1, 0.15) is 18.4 Å². The fourth-order valence-electron chi connectivity index (χ4n) is 10.3. The molecule has 6 heterocycles. The second-order valence-corrected chi connectivity index (χ2v) is 14.4. The van der Waals surface area contributed by atoms with E-state index in [1.165, 1.54) is 4.90 Å². The fourth-order valence-corrected chi connectivity index (χ4v) is 10.3. The summed E-state index contributed by atoms with van der Waals surface area (Å²) in [6, 6.07) is 8.78. The number of carbonyl (C=O) groups excluding carboxylic acids is 2. The van der Waals surface area contributed by atoms with Gasteiger partial charge < -0.3 is 24.1 Å². The van der Waals surface area contributed by atoms with Crippen LogP contribution in [0.5, 0.6) is 28.7 Å². The van der Waals surface area contributed by atoms with Crippen LogP contribution in [0.15, 0.2) is 43.0 Å². The molecule has 9 rings (SSSR count). The van der Waals surface area contributed by atoms with E-state index in [9.17, 15) is 20.0 Å². The normalized spacial score (nSPS) is 28.9. The number of aromatic hydroxyl groups is 1. The summed E-state index contributed by atoms with van der Waals surface area (Å²) in [6.07, 6.45) is 2.83. The van der Waals surface area contributed by atoms with Crippen molar-refractivity contribution in [3.05, 3.63) is 87.5 Å². The van der Waals surface area contributed by atoms with Gasteiger partial charge in [0, 0.05) is 39.9 Å². The van der Waals surface area contributed by atoms with Gasteiger partial charge in [0.05, 0.1) is 42.4 Å². The maximum absolute atomic E-state index is 14.1. The van der Waals surface area contributed by atoms with E-state index < -0.39 is 23.7 Å². The molecule has 2 amide bonds. The van der Waals surface area contributed by atoms with E-state index >= 15 is 0 Å². The van der Waals surface area contributed by atoms with E-state index in [0.29, 0.717) is 47.0 Å². The minimum atomic E-state index is -0.733. The molecule has 50 heavy (non-hydrogen) atoms. The zero-order valence-corrected chi connectivity index (χ0v) is 28.6. The molecule has 0 saturated carbocycles. The maximum atomic E-state index is 14.1. The molecule has 6 aliphatic rings. The molecule has 1 N–H and O–H groups in total. The number of phenolic OH excluding ortho intramolecular Hbond substituents is 1. The molecular weight excluding hydrogens is 636 g/mol. The third kappa shape index (κ3) is 3.60. The van der Waals surface area contributed by atoms with Crippen molar-refractivity contribution in [2.45, 2.75) is 82.3 Å². The van der Waals surface area contributed by atoms with Crippen molar-refractivity contribution in [2.24, 2.45) is 0 Å². The number of piperazine rings is 1. The van der Waals surface area contributed by atoms with Crippen LogP contribution >= 0.6 is 0 Å². The minimum absolute atomic E-state index is 0.00449. The Morgan fingerprint density at radius 1 is 1.12 bits per heavy atom. The Morgan fingerprint density at radius 2 is 1.82 bits per heavy atom. The first-order valence-electron chi connectivity index (χ1n) is 17.1. The molecule has 4 unspecified atom stereocenters. The summed E-state index contributed by atoms with van der Waals surface area (Å²) in [7, 11) is 1.56. The van der Waals surface area contributed by atoms with Gasteiger partial charge in [-0.1, -0.05) is 24.8 Å². The Bertz CT molecular complexity index is 2070. The number of ether oxygens (including phenoxy) is 4. The Morgan fingerprint density at radius 3 is 2.48 bits per heavy atom. The minimum Gasteiger partial charge on any atom is -0.504 e. The van der Waals surface area contributed by atoms with Gasteiger partial charge >= 0.3 is 0 Å². The Kier molecular flexibility index (Phi) is 6.49. The number of imide groups is 1. The summed E-state index contributed by atoms with van der Waals surface area (Å²) in [5.41, 5.74) is 5.40. The van der Waals surface area contributed by atoms with E-state index in [-0.39, 0.29) is 49.1 Å². The molecule has 0 spiro atoms. The van der Waals surface area contributed by atoms with Crippen LogP contribution in [-0.2, 0) is 12.0 Å². The second kappa shape index (κ2) is 10.5.